The van der Waals surface area contributed by atoms with Gasteiger partial charge < -0.3 is 19.9 Å². The molecule has 1 aromatic rings. The Morgan fingerprint density at radius 1 is 1.41 bits per heavy atom. The van der Waals surface area contributed by atoms with E-state index in [1.807, 2.05) is 0 Å². The molecule has 1 heterocycles. The molecule has 0 aliphatic heterocycles. The van der Waals surface area contributed by atoms with E-state index in [9.17, 15) is 18.0 Å². The number of nitrogens with zero attached hydrogens (tertiary/aromatic N) is 3. The SMILES string of the molecule is CC(C)(ON=C(C(=O)OS(C)(=O)=O)c1nsc(N)n1)C(=O)O. The summed E-state index contributed by atoms with van der Waals surface area (Å²) < 4.78 is 29.8. The summed E-state index contributed by atoms with van der Waals surface area (Å²) in [5, 5.41) is 12.2. The van der Waals surface area contributed by atoms with Gasteiger partial charge in [-0.2, -0.15) is 17.8 Å². The van der Waals surface area contributed by atoms with Gasteiger partial charge in [-0.05, 0) is 13.8 Å². The molecule has 0 atom stereocenters. The van der Waals surface area contributed by atoms with Crippen molar-refractivity contribution in [2.24, 2.45) is 5.16 Å². The Kier molecular flexibility index (Phi) is 5.03. The number of aromatic nitrogens is 2. The predicted octanol–water partition coefficient (Wildman–Crippen LogP) is -0.793. The average molecular weight is 352 g/mol. The van der Waals surface area contributed by atoms with Gasteiger partial charge in [-0.1, -0.05) is 5.16 Å². The Labute approximate surface area is 129 Å². The highest BCUT2D eigenvalue weighted by Gasteiger charge is 2.32. The van der Waals surface area contributed by atoms with Gasteiger partial charge in [0.05, 0.1) is 6.26 Å². The average Bonchev–Trinajstić information content (AvgIpc) is 2.73. The van der Waals surface area contributed by atoms with E-state index >= 15 is 0 Å². The monoisotopic (exact) mass is 352 g/mol. The summed E-state index contributed by atoms with van der Waals surface area (Å²) in [5.74, 6) is -3.14. The summed E-state index contributed by atoms with van der Waals surface area (Å²) >= 11 is 0.715. The molecule has 0 aliphatic carbocycles. The number of carbonyl (C=O) groups excluding carboxylic acids is 1. The molecule has 0 amide bonds. The number of nitrogens with two attached hydrogens (primary N) is 1. The molecule has 0 aliphatic rings. The Morgan fingerprint density at radius 3 is 2.41 bits per heavy atom. The molecule has 122 valence electrons. The molecule has 0 bridgehead atoms. The number of hydrogen-bond donors (Lipinski definition) is 2. The van der Waals surface area contributed by atoms with Gasteiger partial charge in [0.1, 0.15) is 0 Å². The highest BCUT2D eigenvalue weighted by atomic mass is 32.2. The van der Waals surface area contributed by atoms with E-state index in [4.69, 9.17) is 15.7 Å². The summed E-state index contributed by atoms with van der Waals surface area (Å²) in [7, 11) is -4.13. The molecule has 0 radical (unpaired) electrons. The highest BCUT2D eigenvalue weighted by molar-refractivity contribution is 7.86. The van der Waals surface area contributed by atoms with Crippen LogP contribution in [0.1, 0.15) is 19.7 Å². The fraction of sp³-hybridized carbons (Fsp3) is 0.444. The number of rotatable bonds is 6. The van der Waals surface area contributed by atoms with Gasteiger partial charge in [0.25, 0.3) is 0 Å². The van der Waals surface area contributed by atoms with Crippen LogP contribution in [-0.4, -0.2) is 52.4 Å². The number of carboxylic acids is 1. The van der Waals surface area contributed by atoms with Gasteiger partial charge in [0, 0.05) is 11.5 Å². The lowest BCUT2D eigenvalue weighted by atomic mass is 10.1. The molecule has 0 spiro atoms. The minimum Gasteiger partial charge on any atom is -0.478 e. The molecule has 22 heavy (non-hydrogen) atoms. The van der Waals surface area contributed by atoms with Crippen LogP contribution in [0, 0.1) is 0 Å². The van der Waals surface area contributed by atoms with Crippen molar-refractivity contribution in [1.29, 1.82) is 0 Å². The molecule has 3 N–H and O–H groups in total. The number of carbonyl (C=O) groups is 2. The second-order valence-electron chi connectivity index (χ2n) is 4.38. The third-order valence-electron chi connectivity index (χ3n) is 1.95. The number of nitrogen functional groups attached to an aromatic ring is 1. The van der Waals surface area contributed by atoms with Crippen molar-refractivity contribution < 1.29 is 32.1 Å². The first-order valence-electron chi connectivity index (χ1n) is 5.45. The molecule has 0 aromatic carbocycles. The molecular weight excluding hydrogens is 340 g/mol. The van der Waals surface area contributed by atoms with E-state index in [1.54, 1.807) is 0 Å². The number of oxime groups is 1. The van der Waals surface area contributed by atoms with Crippen molar-refractivity contribution in [3.8, 4) is 0 Å². The second-order valence-corrected chi connectivity index (χ2v) is 6.74. The zero-order valence-corrected chi connectivity index (χ0v) is 13.3. The summed E-state index contributed by atoms with van der Waals surface area (Å²) in [6, 6.07) is 0. The zero-order chi connectivity index (χ0) is 17.1. The number of aliphatic carboxylic acids is 1. The molecule has 0 fully saturated rings. The third kappa shape index (κ3) is 4.92. The van der Waals surface area contributed by atoms with Crippen LogP contribution in [0.2, 0.25) is 0 Å². The molecule has 1 aromatic heterocycles. The minimum absolute atomic E-state index is 0.0210. The van der Waals surface area contributed by atoms with E-state index in [2.05, 4.69) is 18.7 Å². The molecule has 0 unspecified atom stereocenters. The Bertz CT molecular complexity index is 722. The Balaban J connectivity index is 3.18. The normalized spacial score (nSPS) is 12.8. The smallest absolute Gasteiger partial charge is 0.379 e. The number of carboxylic acid groups (broad SMARTS) is 1. The first kappa shape index (κ1) is 17.8. The maximum absolute atomic E-state index is 11.8. The molecule has 0 saturated carbocycles. The van der Waals surface area contributed by atoms with Crippen molar-refractivity contribution in [3.05, 3.63) is 5.82 Å². The first-order valence-corrected chi connectivity index (χ1v) is 8.04. The van der Waals surface area contributed by atoms with Crippen molar-refractivity contribution in [2.45, 2.75) is 19.4 Å². The van der Waals surface area contributed by atoms with Crippen LogP contribution in [0.15, 0.2) is 5.16 Å². The maximum atomic E-state index is 11.8. The van der Waals surface area contributed by atoms with Crippen molar-refractivity contribution in [1.82, 2.24) is 9.36 Å². The quantitative estimate of drug-likeness (QED) is 0.375. The van der Waals surface area contributed by atoms with Crippen LogP contribution in [0.4, 0.5) is 5.13 Å². The summed E-state index contributed by atoms with van der Waals surface area (Å²) in [4.78, 5) is 31.1. The van der Waals surface area contributed by atoms with Gasteiger partial charge in [-0.3, -0.25) is 0 Å². The highest BCUT2D eigenvalue weighted by Crippen LogP contribution is 2.13. The van der Waals surface area contributed by atoms with Gasteiger partial charge in [0.15, 0.2) is 5.13 Å². The summed E-state index contributed by atoms with van der Waals surface area (Å²) in [5.41, 5.74) is 2.85. The van der Waals surface area contributed by atoms with E-state index in [-0.39, 0.29) is 11.0 Å². The largest absolute Gasteiger partial charge is 0.478 e. The van der Waals surface area contributed by atoms with E-state index in [0.717, 1.165) is 0 Å². The summed E-state index contributed by atoms with van der Waals surface area (Å²) in [6.07, 6.45) is 0.646. The van der Waals surface area contributed by atoms with Crippen LogP contribution in [0.3, 0.4) is 0 Å². The zero-order valence-electron chi connectivity index (χ0n) is 11.6. The van der Waals surface area contributed by atoms with Gasteiger partial charge in [0.2, 0.25) is 17.1 Å². The van der Waals surface area contributed by atoms with Crippen LogP contribution in [0.5, 0.6) is 0 Å². The van der Waals surface area contributed by atoms with Gasteiger partial charge in [-0.15, -0.1) is 0 Å². The molecule has 1 rings (SSSR count). The predicted molar refractivity (Wildman–Crippen MR) is 74.6 cm³/mol. The van der Waals surface area contributed by atoms with E-state index in [1.165, 1.54) is 13.8 Å². The lowest BCUT2D eigenvalue weighted by molar-refractivity contribution is -0.161. The van der Waals surface area contributed by atoms with E-state index < -0.39 is 33.4 Å². The fourth-order valence-electron chi connectivity index (χ4n) is 0.877. The Morgan fingerprint density at radius 2 is 2.00 bits per heavy atom. The lowest BCUT2D eigenvalue weighted by Crippen LogP contribution is -2.34. The van der Waals surface area contributed by atoms with Crippen LogP contribution in [0.25, 0.3) is 0 Å². The van der Waals surface area contributed by atoms with E-state index in [0.29, 0.717) is 17.8 Å². The van der Waals surface area contributed by atoms with Gasteiger partial charge >= 0.3 is 22.1 Å². The second kappa shape index (κ2) is 6.23. The fourth-order valence-corrected chi connectivity index (χ4v) is 1.67. The molecule has 11 nitrogen and oxygen atoms in total. The Hall–Kier alpha value is -2.28. The number of hydrogen-bond acceptors (Lipinski definition) is 11. The van der Waals surface area contributed by atoms with Crippen molar-refractivity contribution in [3.63, 3.8) is 0 Å². The maximum Gasteiger partial charge on any atom is 0.379 e. The first-order chi connectivity index (χ1) is 9.92. The molecule has 0 saturated heterocycles. The van der Waals surface area contributed by atoms with Crippen LogP contribution >= 0.6 is 11.5 Å². The summed E-state index contributed by atoms with van der Waals surface area (Å²) in [6.45, 7) is 2.34. The molecular formula is C9H12N4O7S2. The minimum atomic E-state index is -4.13. The van der Waals surface area contributed by atoms with Crippen molar-refractivity contribution in [2.75, 3.05) is 12.0 Å². The molecule has 13 heteroatoms. The van der Waals surface area contributed by atoms with Gasteiger partial charge in [-0.25, -0.2) is 9.59 Å². The van der Waals surface area contributed by atoms with Crippen molar-refractivity contribution >= 4 is 44.4 Å². The lowest BCUT2D eigenvalue weighted by Gasteiger charge is -2.16. The van der Waals surface area contributed by atoms with Crippen LogP contribution < -0.4 is 5.73 Å². The topological polar surface area (TPSA) is 171 Å². The third-order valence-corrected chi connectivity index (χ3v) is 2.95. The standard InChI is InChI=1S/C9H12N4O7S2/c1-9(2,7(15)16)20-12-4(5-11-8(10)21-13-5)6(14)19-22(3,17)18/h1-3H3,(H,15,16)(H2,10,11,13). The number of anilines is 1. The van der Waals surface area contributed by atoms with Crippen LogP contribution in [-0.2, 0) is 28.7 Å².